The van der Waals surface area contributed by atoms with Gasteiger partial charge in [0.25, 0.3) is 0 Å². The zero-order valence-corrected chi connectivity index (χ0v) is 15.1. The van der Waals surface area contributed by atoms with Gasteiger partial charge in [0.2, 0.25) is 5.91 Å². The summed E-state index contributed by atoms with van der Waals surface area (Å²) in [6.45, 7) is -0.921. The number of likely N-dealkylation sites (tertiary alicyclic amines) is 1. The van der Waals surface area contributed by atoms with E-state index in [0.29, 0.717) is 12.3 Å². The SMILES string of the molecule is O=C(CC1CCCCC1)NCCNC(=O)N1C[C@@H](C(F)(F)F)[C@H](C(=O)O)C1. The minimum atomic E-state index is -4.68. The highest BCUT2D eigenvalue weighted by molar-refractivity contribution is 5.78. The largest absolute Gasteiger partial charge is 0.481 e. The van der Waals surface area contributed by atoms with E-state index in [-0.39, 0.29) is 19.0 Å². The van der Waals surface area contributed by atoms with Crippen molar-refractivity contribution in [2.24, 2.45) is 17.8 Å². The van der Waals surface area contributed by atoms with Crippen LogP contribution in [0.3, 0.4) is 0 Å². The van der Waals surface area contributed by atoms with Crippen molar-refractivity contribution in [1.29, 1.82) is 0 Å². The zero-order chi connectivity index (χ0) is 20.0. The molecule has 154 valence electrons. The van der Waals surface area contributed by atoms with Crippen LogP contribution in [-0.4, -0.2) is 60.3 Å². The highest BCUT2D eigenvalue weighted by Crippen LogP contribution is 2.37. The molecule has 2 aliphatic rings. The summed E-state index contributed by atoms with van der Waals surface area (Å²) in [4.78, 5) is 35.7. The number of hydrogen-bond donors (Lipinski definition) is 3. The number of nitrogens with one attached hydrogen (secondary N) is 2. The number of carbonyl (C=O) groups excluding carboxylic acids is 2. The molecule has 2 atom stereocenters. The van der Waals surface area contributed by atoms with E-state index in [9.17, 15) is 27.6 Å². The Hall–Kier alpha value is -2.00. The Morgan fingerprint density at radius 3 is 2.19 bits per heavy atom. The van der Waals surface area contributed by atoms with Crippen LogP contribution < -0.4 is 10.6 Å². The third-order valence-electron chi connectivity index (χ3n) is 5.27. The van der Waals surface area contributed by atoms with Crippen molar-refractivity contribution in [3.63, 3.8) is 0 Å². The molecule has 2 rings (SSSR count). The van der Waals surface area contributed by atoms with Crippen LogP contribution in [0.4, 0.5) is 18.0 Å². The topological polar surface area (TPSA) is 98.7 Å². The molecule has 1 saturated heterocycles. The molecule has 0 unspecified atom stereocenters. The van der Waals surface area contributed by atoms with Crippen molar-refractivity contribution in [2.45, 2.75) is 44.7 Å². The minimum Gasteiger partial charge on any atom is -0.481 e. The van der Waals surface area contributed by atoms with Gasteiger partial charge in [-0.1, -0.05) is 19.3 Å². The molecule has 2 fully saturated rings. The van der Waals surface area contributed by atoms with Gasteiger partial charge >= 0.3 is 18.2 Å². The molecular formula is C17H26F3N3O4. The molecule has 7 nitrogen and oxygen atoms in total. The average Bonchev–Trinajstić information content (AvgIpc) is 3.05. The number of urea groups is 1. The molecule has 0 bridgehead atoms. The fourth-order valence-corrected chi connectivity index (χ4v) is 3.76. The van der Waals surface area contributed by atoms with Crippen LogP contribution in [0.25, 0.3) is 0 Å². The van der Waals surface area contributed by atoms with Crippen LogP contribution in [0.1, 0.15) is 38.5 Å². The molecule has 0 spiro atoms. The first kappa shape index (κ1) is 21.3. The Morgan fingerprint density at radius 2 is 1.63 bits per heavy atom. The molecule has 3 N–H and O–H groups in total. The van der Waals surface area contributed by atoms with Gasteiger partial charge in [-0.05, 0) is 18.8 Å². The van der Waals surface area contributed by atoms with E-state index in [2.05, 4.69) is 10.6 Å². The Balaban J connectivity index is 1.69. The van der Waals surface area contributed by atoms with E-state index in [4.69, 9.17) is 5.11 Å². The first-order valence-corrected chi connectivity index (χ1v) is 9.27. The van der Waals surface area contributed by atoms with Crippen LogP contribution in [0, 0.1) is 17.8 Å². The van der Waals surface area contributed by atoms with Crippen molar-refractivity contribution < 1.29 is 32.7 Å². The molecule has 1 saturated carbocycles. The number of carboxylic acids is 1. The predicted octanol–water partition coefficient (Wildman–Crippen LogP) is 1.98. The van der Waals surface area contributed by atoms with E-state index >= 15 is 0 Å². The predicted molar refractivity (Wildman–Crippen MR) is 89.8 cm³/mol. The van der Waals surface area contributed by atoms with Crippen LogP contribution in [0.5, 0.6) is 0 Å². The van der Waals surface area contributed by atoms with Crippen molar-refractivity contribution in [3.8, 4) is 0 Å². The fourth-order valence-electron chi connectivity index (χ4n) is 3.76. The summed E-state index contributed by atoms with van der Waals surface area (Å²) in [5.41, 5.74) is 0. The third-order valence-corrected chi connectivity index (χ3v) is 5.27. The summed E-state index contributed by atoms with van der Waals surface area (Å²) in [6.07, 6.45) is 1.35. The second kappa shape index (κ2) is 9.27. The van der Waals surface area contributed by atoms with Gasteiger partial charge in [-0.3, -0.25) is 9.59 Å². The van der Waals surface area contributed by atoms with Gasteiger partial charge in [0, 0.05) is 32.6 Å². The summed E-state index contributed by atoms with van der Waals surface area (Å²) in [5, 5.41) is 14.1. The quantitative estimate of drug-likeness (QED) is 0.601. The Bertz CT molecular complexity index is 550. The van der Waals surface area contributed by atoms with Gasteiger partial charge in [-0.25, -0.2) is 4.79 Å². The second-order valence-corrected chi connectivity index (χ2v) is 7.29. The minimum absolute atomic E-state index is 0.0696. The summed E-state index contributed by atoms with van der Waals surface area (Å²) >= 11 is 0. The maximum absolute atomic E-state index is 12.9. The van der Waals surface area contributed by atoms with Crippen molar-refractivity contribution >= 4 is 17.9 Å². The first-order valence-electron chi connectivity index (χ1n) is 9.27. The maximum atomic E-state index is 12.9. The maximum Gasteiger partial charge on any atom is 0.394 e. The molecule has 1 aliphatic heterocycles. The highest BCUT2D eigenvalue weighted by atomic mass is 19.4. The summed E-state index contributed by atoms with van der Waals surface area (Å²) < 4.78 is 38.8. The lowest BCUT2D eigenvalue weighted by atomic mass is 9.87. The molecule has 10 heteroatoms. The number of carbonyl (C=O) groups is 3. The number of carboxylic acid groups (broad SMARTS) is 1. The monoisotopic (exact) mass is 393 g/mol. The molecular weight excluding hydrogens is 367 g/mol. The number of aliphatic carboxylic acids is 1. The van der Waals surface area contributed by atoms with Crippen LogP contribution in [0.15, 0.2) is 0 Å². The summed E-state index contributed by atoms with van der Waals surface area (Å²) in [7, 11) is 0. The zero-order valence-electron chi connectivity index (χ0n) is 15.1. The van der Waals surface area contributed by atoms with E-state index in [1.807, 2.05) is 0 Å². The van der Waals surface area contributed by atoms with Gasteiger partial charge in [-0.15, -0.1) is 0 Å². The number of nitrogens with zero attached hydrogens (tertiary/aromatic N) is 1. The Labute approximate surface area is 155 Å². The molecule has 1 heterocycles. The number of halogens is 3. The lowest BCUT2D eigenvalue weighted by Crippen LogP contribution is -2.42. The average molecular weight is 393 g/mol. The van der Waals surface area contributed by atoms with Crippen LogP contribution >= 0.6 is 0 Å². The fraction of sp³-hybridized carbons (Fsp3) is 0.824. The number of amides is 3. The van der Waals surface area contributed by atoms with Crippen LogP contribution in [0.2, 0.25) is 0 Å². The molecule has 27 heavy (non-hydrogen) atoms. The molecule has 3 amide bonds. The Morgan fingerprint density at radius 1 is 1.00 bits per heavy atom. The number of alkyl halides is 3. The summed E-state index contributed by atoms with van der Waals surface area (Å²) in [6, 6.07) is -0.755. The lowest BCUT2D eigenvalue weighted by molar-refractivity contribution is -0.187. The van der Waals surface area contributed by atoms with Crippen molar-refractivity contribution in [2.75, 3.05) is 26.2 Å². The third kappa shape index (κ3) is 6.28. The van der Waals surface area contributed by atoms with Gasteiger partial charge in [0.15, 0.2) is 0 Å². The highest BCUT2D eigenvalue weighted by Gasteiger charge is 2.53. The van der Waals surface area contributed by atoms with E-state index < -0.39 is 43.1 Å². The van der Waals surface area contributed by atoms with Gasteiger partial charge in [-0.2, -0.15) is 13.2 Å². The standard InChI is InChI=1S/C17H26F3N3O4/c18-17(19,20)13-10-23(9-12(13)15(25)26)16(27)22-7-6-21-14(24)8-11-4-2-1-3-5-11/h11-13H,1-10H2,(H,21,24)(H,22,27)(H,25,26)/t12-,13-/m1/s1. The number of rotatable bonds is 6. The lowest BCUT2D eigenvalue weighted by Gasteiger charge is -2.21. The Kier molecular flexibility index (Phi) is 7.32. The smallest absolute Gasteiger partial charge is 0.394 e. The molecule has 0 aromatic heterocycles. The second-order valence-electron chi connectivity index (χ2n) is 7.29. The van der Waals surface area contributed by atoms with Crippen molar-refractivity contribution in [1.82, 2.24) is 15.5 Å². The molecule has 0 aromatic rings. The normalized spacial score (nSPS) is 23.9. The number of hydrogen-bond acceptors (Lipinski definition) is 3. The van der Waals surface area contributed by atoms with Crippen molar-refractivity contribution in [3.05, 3.63) is 0 Å². The summed E-state index contributed by atoms with van der Waals surface area (Å²) in [5.74, 6) is -5.00. The van der Waals surface area contributed by atoms with E-state index in [1.54, 1.807) is 0 Å². The molecule has 1 aliphatic carbocycles. The van der Waals surface area contributed by atoms with Crippen LogP contribution in [-0.2, 0) is 9.59 Å². The molecule has 0 aromatic carbocycles. The van der Waals surface area contributed by atoms with Gasteiger partial charge < -0.3 is 20.6 Å². The molecule has 0 radical (unpaired) electrons. The first-order chi connectivity index (χ1) is 12.7. The van der Waals surface area contributed by atoms with Gasteiger partial charge in [0.05, 0.1) is 11.8 Å². The van der Waals surface area contributed by atoms with E-state index in [0.717, 1.165) is 30.6 Å². The van der Waals surface area contributed by atoms with Gasteiger partial charge in [0.1, 0.15) is 0 Å². The van der Waals surface area contributed by atoms with E-state index in [1.165, 1.54) is 6.42 Å².